The molecule has 33 heavy (non-hydrogen) atoms. The normalized spacial score (nSPS) is 11.3. The first-order valence-electron chi connectivity index (χ1n) is 10.9. The molecule has 2 amide bonds. The van der Waals surface area contributed by atoms with Crippen molar-refractivity contribution < 1.29 is 19.1 Å². The van der Waals surface area contributed by atoms with Gasteiger partial charge in [-0.1, -0.05) is 91.0 Å². The van der Waals surface area contributed by atoms with Crippen LogP contribution in [-0.2, 0) is 33.8 Å². The van der Waals surface area contributed by atoms with Gasteiger partial charge in [-0.25, -0.2) is 15.2 Å². The van der Waals surface area contributed by atoms with Crippen molar-refractivity contribution in [1.82, 2.24) is 10.4 Å². The molecule has 0 saturated heterocycles. The van der Waals surface area contributed by atoms with Crippen molar-refractivity contribution in [3.05, 3.63) is 108 Å². The number of nitrogens with one attached hydrogen (secondary N) is 1. The van der Waals surface area contributed by atoms with E-state index in [1.807, 2.05) is 91.0 Å². The molecule has 6 heteroatoms. The molecule has 1 N–H and O–H groups in total. The van der Waals surface area contributed by atoms with Gasteiger partial charge >= 0.3 is 6.09 Å². The SMILES string of the molecule is CC(=O)[C@H](Cc1ccccc1)N(NC(=O)OCc1ccccc1)C(=O)CCc1ccccc1. The number of Topliss-reactive ketones (excluding diaryl/α,β-unsaturated/α-hetero) is 1. The Morgan fingerprint density at radius 3 is 1.85 bits per heavy atom. The lowest BCUT2D eigenvalue weighted by molar-refractivity contribution is -0.142. The number of rotatable bonds is 9. The minimum absolute atomic E-state index is 0.0577. The summed E-state index contributed by atoms with van der Waals surface area (Å²) in [7, 11) is 0. The molecule has 0 aliphatic heterocycles. The maximum Gasteiger partial charge on any atom is 0.426 e. The van der Waals surface area contributed by atoms with Gasteiger partial charge in [-0.2, -0.15) is 0 Å². The molecule has 0 aliphatic rings. The van der Waals surface area contributed by atoms with E-state index in [2.05, 4.69) is 5.43 Å². The molecule has 0 heterocycles. The number of carbonyl (C=O) groups excluding carboxylic acids is 3. The van der Waals surface area contributed by atoms with Crippen molar-refractivity contribution >= 4 is 17.8 Å². The third kappa shape index (κ3) is 7.61. The van der Waals surface area contributed by atoms with Gasteiger partial charge in [0.1, 0.15) is 12.6 Å². The number of nitrogens with zero attached hydrogens (tertiary/aromatic N) is 1. The standard InChI is InChI=1S/C27H28N2O4/c1-21(30)25(19-23-13-7-3-8-14-23)29(26(31)18-17-22-11-5-2-6-12-22)28-27(32)33-20-24-15-9-4-10-16-24/h2-16,25H,17-20H2,1H3,(H,28,32)/t25-/m0/s1. The van der Waals surface area contributed by atoms with E-state index in [9.17, 15) is 14.4 Å². The maximum absolute atomic E-state index is 13.2. The number of hydrogen-bond donors (Lipinski definition) is 1. The number of carbonyl (C=O) groups is 3. The number of aryl methyl sites for hydroxylation is 1. The van der Waals surface area contributed by atoms with Crippen LogP contribution in [0.1, 0.15) is 30.0 Å². The summed E-state index contributed by atoms with van der Waals surface area (Å²) >= 11 is 0. The van der Waals surface area contributed by atoms with Gasteiger partial charge < -0.3 is 4.74 Å². The van der Waals surface area contributed by atoms with Gasteiger partial charge in [0.05, 0.1) is 0 Å². The van der Waals surface area contributed by atoms with Crippen LogP contribution in [0.15, 0.2) is 91.0 Å². The average molecular weight is 445 g/mol. The third-order valence-corrected chi connectivity index (χ3v) is 5.22. The maximum atomic E-state index is 13.2. The van der Waals surface area contributed by atoms with Crippen LogP contribution in [0, 0.1) is 0 Å². The smallest absolute Gasteiger partial charge is 0.426 e. The minimum Gasteiger partial charge on any atom is -0.443 e. The molecule has 0 unspecified atom stereocenters. The van der Waals surface area contributed by atoms with Crippen molar-refractivity contribution in [2.45, 2.75) is 38.8 Å². The molecule has 1 atom stereocenters. The second-order valence-corrected chi connectivity index (χ2v) is 7.74. The monoisotopic (exact) mass is 444 g/mol. The first-order valence-corrected chi connectivity index (χ1v) is 10.9. The van der Waals surface area contributed by atoms with Crippen molar-refractivity contribution in [2.75, 3.05) is 0 Å². The second-order valence-electron chi connectivity index (χ2n) is 7.74. The molecule has 0 fully saturated rings. The Balaban J connectivity index is 1.73. The Morgan fingerprint density at radius 1 is 0.788 bits per heavy atom. The quantitative estimate of drug-likeness (QED) is 0.494. The molecule has 6 nitrogen and oxygen atoms in total. The minimum atomic E-state index is -0.847. The summed E-state index contributed by atoms with van der Waals surface area (Å²) in [5, 5.41) is 1.13. The van der Waals surface area contributed by atoms with E-state index in [0.29, 0.717) is 6.42 Å². The fourth-order valence-corrected chi connectivity index (χ4v) is 3.44. The van der Waals surface area contributed by atoms with Crippen LogP contribution in [0.25, 0.3) is 0 Å². The van der Waals surface area contributed by atoms with Crippen LogP contribution >= 0.6 is 0 Å². The summed E-state index contributed by atoms with van der Waals surface area (Å²) in [4.78, 5) is 38.3. The zero-order chi connectivity index (χ0) is 23.5. The highest BCUT2D eigenvalue weighted by molar-refractivity contribution is 5.89. The highest BCUT2D eigenvalue weighted by atomic mass is 16.6. The van der Waals surface area contributed by atoms with Gasteiger partial charge in [0.15, 0.2) is 5.78 Å². The van der Waals surface area contributed by atoms with E-state index in [-0.39, 0.29) is 31.1 Å². The summed E-state index contributed by atoms with van der Waals surface area (Å²) in [5.74, 6) is -0.582. The summed E-state index contributed by atoms with van der Waals surface area (Å²) in [5.41, 5.74) is 5.24. The van der Waals surface area contributed by atoms with Gasteiger partial charge in [-0.15, -0.1) is 0 Å². The van der Waals surface area contributed by atoms with Gasteiger partial charge in [-0.3, -0.25) is 9.59 Å². The van der Waals surface area contributed by atoms with Crippen molar-refractivity contribution in [3.63, 3.8) is 0 Å². The lowest BCUT2D eigenvalue weighted by Gasteiger charge is -2.30. The average Bonchev–Trinajstić information content (AvgIpc) is 2.85. The van der Waals surface area contributed by atoms with E-state index >= 15 is 0 Å². The molecule has 0 saturated carbocycles. The number of ether oxygens (including phenoxy) is 1. The second kappa shape index (κ2) is 12.2. The summed E-state index contributed by atoms with van der Waals surface area (Å²) in [6, 6.07) is 27.4. The Kier molecular flexibility index (Phi) is 8.77. The van der Waals surface area contributed by atoms with Crippen LogP contribution in [0.5, 0.6) is 0 Å². The number of hydrazine groups is 1. The molecular formula is C27H28N2O4. The largest absolute Gasteiger partial charge is 0.443 e. The van der Waals surface area contributed by atoms with Crippen molar-refractivity contribution in [3.8, 4) is 0 Å². The molecular weight excluding hydrogens is 416 g/mol. The van der Waals surface area contributed by atoms with Crippen LogP contribution in [0.3, 0.4) is 0 Å². The highest BCUT2D eigenvalue weighted by Crippen LogP contribution is 2.13. The Hall–Kier alpha value is -3.93. The molecule has 0 aromatic heterocycles. The molecule has 3 aromatic rings. The van der Waals surface area contributed by atoms with E-state index < -0.39 is 12.1 Å². The molecule has 0 spiro atoms. The van der Waals surface area contributed by atoms with Crippen LogP contribution in [0.4, 0.5) is 4.79 Å². The Morgan fingerprint density at radius 2 is 1.30 bits per heavy atom. The number of ketones is 1. The zero-order valence-electron chi connectivity index (χ0n) is 18.6. The van der Waals surface area contributed by atoms with Crippen molar-refractivity contribution in [2.24, 2.45) is 0 Å². The van der Waals surface area contributed by atoms with Gasteiger partial charge in [0.25, 0.3) is 0 Å². The number of hydrogen-bond acceptors (Lipinski definition) is 4. The van der Waals surface area contributed by atoms with Gasteiger partial charge in [-0.05, 0) is 30.0 Å². The molecule has 170 valence electrons. The predicted octanol–water partition coefficient (Wildman–Crippen LogP) is 4.49. The molecule has 0 aliphatic carbocycles. The third-order valence-electron chi connectivity index (χ3n) is 5.22. The summed E-state index contributed by atoms with van der Waals surface area (Å²) < 4.78 is 5.30. The summed E-state index contributed by atoms with van der Waals surface area (Å²) in [6.07, 6.45) is 0.131. The van der Waals surface area contributed by atoms with E-state index in [4.69, 9.17) is 4.74 Å². The number of benzene rings is 3. The molecule has 0 bridgehead atoms. The zero-order valence-corrected chi connectivity index (χ0v) is 18.6. The summed E-state index contributed by atoms with van der Waals surface area (Å²) in [6.45, 7) is 1.48. The molecule has 3 aromatic carbocycles. The lowest BCUT2D eigenvalue weighted by Crippen LogP contribution is -2.55. The predicted molar refractivity (Wildman–Crippen MR) is 126 cm³/mol. The van der Waals surface area contributed by atoms with Crippen LogP contribution in [-0.4, -0.2) is 28.8 Å². The van der Waals surface area contributed by atoms with Crippen LogP contribution < -0.4 is 5.43 Å². The highest BCUT2D eigenvalue weighted by Gasteiger charge is 2.29. The lowest BCUT2D eigenvalue weighted by atomic mass is 10.0. The fraction of sp³-hybridized carbons (Fsp3) is 0.222. The van der Waals surface area contributed by atoms with Crippen molar-refractivity contribution in [1.29, 1.82) is 0 Å². The first kappa shape index (κ1) is 23.7. The van der Waals surface area contributed by atoms with Gasteiger partial charge in [0, 0.05) is 12.8 Å². The Bertz CT molecular complexity index is 1040. The van der Waals surface area contributed by atoms with E-state index in [1.54, 1.807) is 0 Å². The first-order chi connectivity index (χ1) is 16.0. The molecule has 0 radical (unpaired) electrons. The topological polar surface area (TPSA) is 75.7 Å². The Labute approximate surface area is 194 Å². The van der Waals surface area contributed by atoms with E-state index in [1.165, 1.54) is 6.92 Å². The number of amides is 2. The van der Waals surface area contributed by atoms with Crippen LogP contribution in [0.2, 0.25) is 0 Å². The van der Waals surface area contributed by atoms with Gasteiger partial charge in [0.2, 0.25) is 5.91 Å². The molecule has 3 rings (SSSR count). The van der Waals surface area contributed by atoms with E-state index in [0.717, 1.165) is 21.7 Å². The fourth-order valence-electron chi connectivity index (χ4n) is 3.44.